The molecule has 0 aliphatic carbocycles. The Bertz CT molecular complexity index is 352. The van der Waals surface area contributed by atoms with E-state index in [1.807, 2.05) is 12.1 Å². The number of hydrogen-bond acceptors (Lipinski definition) is 2. The smallest absolute Gasteiger partial charge is 0.337 e. The fourth-order valence-corrected chi connectivity index (χ4v) is 1.84. The average molecular weight is 292 g/mol. The van der Waals surface area contributed by atoms with Crippen molar-refractivity contribution < 1.29 is 9.53 Å². The number of methoxy groups -OCH3 is 1. The topological polar surface area (TPSA) is 26.3 Å². The minimum Gasteiger partial charge on any atom is -0.465 e. The fourth-order valence-electron chi connectivity index (χ4n) is 1.30. The molecule has 0 bridgehead atoms. The van der Waals surface area contributed by atoms with Crippen LogP contribution in [0, 0.1) is 0 Å². The molecular weight excluding hydrogens is 279 g/mol. The van der Waals surface area contributed by atoms with Crippen LogP contribution in [0.2, 0.25) is 5.02 Å². The van der Waals surface area contributed by atoms with Crippen molar-refractivity contribution in [3.63, 3.8) is 0 Å². The molecule has 0 aliphatic rings. The average Bonchev–Trinajstić information content (AvgIpc) is 2.24. The molecule has 0 amide bonds. The summed E-state index contributed by atoms with van der Waals surface area (Å²) in [5.74, 6) is -0.349. The lowest BCUT2D eigenvalue weighted by molar-refractivity contribution is 0.0600. The third-order valence-corrected chi connectivity index (χ3v) is 2.76. The van der Waals surface area contributed by atoms with Gasteiger partial charge in [0.2, 0.25) is 0 Å². The van der Waals surface area contributed by atoms with Crippen molar-refractivity contribution in [3.05, 3.63) is 34.3 Å². The van der Waals surface area contributed by atoms with Crippen molar-refractivity contribution in [2.24, 2.45) is 0 Å². The normalized spacial score (nSPS) is 10.1. The van der Waals surface area contributed by atoms with Crippen molar-refractivity contribution in [1.82, 2.24) is 0 Å². The van der Waals surface area contributed by atoms with Crippen LogP contribution in [-0.2, 0) is 11.2 Å². The molecule has 15 heavy (non-hydrogen) atoms. The third-order valence-electron chi connectivity index (χ3n) is 1.98. The van der Waals surface area contributed by atoms with Crippen molar-refractivity contribution >= 4 is 33.5 Å². The summed E-state index contributed by atoms with van der Waals surface area (Å²) < 4.78 is 4.64. The first-order valence-corrected chi connectivity index (χ1v) is 6.11. The quantitative estimate of drug-likeness (QED) is 0.627. The number of esters is 1. The van der Waals surface area contributed by atoms with Gasteiger partial charge in [-0.3, -0.25) is 0 Å². The van der Waals surface area contributed by atoms with Crippen molar-refractivity contribution in [2.75, 3.05) is 12.4 Å². The molecule has 0 N–H and O–H groups in total. The van der Waals surface area contributed by atoms with Gasteiger partial charge in [0.15, 0.2) is 0 Å². The Morgan fingerprint density at radius 1 is 1.47 bits per heavy atom. The van der Waals surface area contributed by atoms with Crippen LogP contribution in [0.3, 0.4) is 0 Å². The van der Waals surface area contributed by atoms with Gasteiger partial charge in [-0.15, -0.1) is 0 Å². The van der Waals surface area contributed by atoms with E-state index in [2.05, 4.69) is 20.7 Å². The van der Waals surface area contributed by atoms with Crippen LogP contribution in [0.15, 0.2) is 18.2 Å². The molecule has 0 radical (unpaired) electrons. The van der Waals surface area contributed by atoms with E-state index in [0.717, 1.165) is 23.7 Å². The second-order valence-electron chi connectivity index (χ2n) is 3.13. The largest absolute Gasteiger partial charge is 0.465 e. The van der Waals surface area contributed by atoms with Gasteiger partial charge in [-0.2, -0.15) is 0 Å². The van der Waals surface area contributed by atoms with Crippen molar-refractivity contribution in [3.8, 4) is 0 Å². The van der Waals surface area contributed by atoms with Crippen molar-refractivity contribution in [2.45, 2.75) is 12.8 Å². The highest BCUT2D eigenvalue weighted by Crippen LogP contribution is 2.17. The maximum atomic E-state index is 11.3. The molecule has 0 fully saturated rings. The van der Waals surface area contributed by atoms with E-state index in [-0.39, 0.29) is 5.97 Å². The molecular formula is C11H12BrClO2. The Morgan fingerprint density at radius 2 is 2.20 bits per heavy atom. The monoisotopic (exact) mass is 290 g/mol. The Kier molecular flexibility index (Phi) is 5.12. The highest BCUT2D eigenvalue weighted by molar-refractivity contribution is 9.09. The number of carbonyl (C=O) groups excluding carboxylic acids is 1. The van der Waals surface area contributed by atoms with Crippen LogP contribution in [0.25, 0.3) is 0 Å². The molecule has 1 rings (SSSR count). The van der Waals surface area contributed by atoms with Gasteiger partial charge in [-0.25, -0.2) is 4.79 Å². The van der Waals surface area contributed by atoms with Gasteiger partial charge in [0.25, 0.3) is 0 Å². The van der Waals surface area contributed by atoms with Gasteiger partial charge in [0, 0.05) is 10.4 Å². The first kappa shape index (κ1) is 12.5. The number of rotatable bonds is 4. The fraction of sp³-hybridized carbons (Fsp3) is 0.364. The molecule has 1 aromatic rings. The molecule has 1 aromatic carbocycles. The minimum atomic E-state index is -0.349. The van der Waals surface area contributed by atoms with Crippen LogP contribution in [0.1, 0.15) is 22.3 Å². The van der Waals surface area contributed by atoms with E-state index in [4.69, 9.17) is 11.6 Å². The number of benzene rings is 1. The molecule has 0 unspecified atom stereocenters. The van der Waals surface area contributed by atoms with Crippen LogP contribution in [0.4, 0.5) is 0 Å². The summed E-state index contributed by atoms with van der Waals surface area (Å²) >= 11 is 9.27. The number of hydrogen-bond donors (Lipinski definition) is 0. The zero-order chi connectivity index (χ0) is 11.3. The number of ether oxygens (including phenoxy) is 1. The van der Waals surface area contributed by atoms with Crippen LogP contribution in [-0.4, -0.2) is 18.4 Å². The van der Waals surface area contributed by atoms with E-state index in [1.54, 1.807) is 6.07 Å². The number of aryl methyl sites for hydroxylation is 1. The van der Waals surface area contributed by atoms with Crippen LogP contribution in [0.5, 0.6) is 0 Å². The lowest BCUT2D eigenvalue weighted by Crippen LogP contribution is -2.02. The van der Waals surface area contributed by atoms with Gasteiger partial charge < -0.3 is 4.74 Å². The SMILES string of the molecule is COC(=O)c1cc(Cl)cc(CCCBr)c1. The first-order chi connectivity index (χ1) is 7.17. The molecule has 0 saturated heterocycles. The Balaban J connectivity index is 2.89. The predicted molar refractivity (Wildman–Crippen MR) is 64.9 cm³/mol. The van der Waals surface area contributed by atoms with Gasteiger partial charge in [0.1, 0.15) is 0 Å². The summed E-state index contributed by atoms with van der Waals surface area (Å²) in [6, 6.07) is 5.31. The minimum absolute atomic E-state index is 0.349. The van der Waals surface area contributed by atoms with Gasteiger partial charge >= 0.3 is 5.97 Å². The Morgan fingerprint density at radius 3 is 2.80 bits per heavy atom. The number of carbonyl (C=O) groups is 1. The summed E-state index contributed by atoms with van der Waals surface area (Å²) in [5.41, 5.74) is 1.57. The number of halogens is 2. The summed E-state index contributed by atoms with van der Waals surface area (Å²) in [5, 5.41) is 1.51. The predicted octanol–water partition coefficient (Wildman–Crippen LogP) is 3.45. The molecule has 0 heterocycles. The van der Waals surface area contributed by atoms with Crippen LogP contribution >= 0.6 is 27.5 Å². The first-order valence-electron chi connectivity index (χ1n) is 4.61. The Labute approximate surface area is 103 Å². The Hall–Kier alpha value is -0.540. The number of alkyl halides is 1. The van der Waals surface area contributed by atoms with E-state index < -0.39 is 0 Å². The summed E-state index contributed by atoms with van der Waals surface area (Å²) in [4.78, 5) is 11.3. The van der Waals surface area contributed by atoms with E-state index >= 15 is 0 Å². The second kappa shape index (κ2) is 6.13. The zero-order valence-corrected chi connectivity index (χ0v) is 10.8. The van der Waals surface area contributed by atoms with E-state index in [9.17, 15) is 4.79 Å². The van der Waals surface area contributed by atoms with E-state index in [1.165, 1.54) is 7.11 Å². The lowest BCUT2D eigenvalue weighted by Gasteiger charge is -2.04. The molecule has 0 atom stereocenters. The summed E-state index contributed by atoms with van der Waals surface area (Å²) in [6.07, 6.45) is 1.91. The van der Waals surface area contributed by atoms with Crippen LogP contribution < -0.4 is 0 Å². The molecule has 4 heteroatoms. The lowest BCUT2D eigenvalue weighted by atomic mass is 10.1. The summed E-state index contributed by atoms with van der Waals surface area (Å²) in [7, 11) is 1.36. The van der Waals surface area contributed by atoms with Gasteiger partial charge in [-0.1, -0.05) is 27.5 Å². The molecule has 0 aromatic heterocycles. The van der Waals surface area contributed by atoms with E-state index in [0.29, 0.717) is 10.6 Å². The molecule has 0 spiro atoms. The van der Waals surface area contributed by atoms with Crippen molar-refractivity contribution in [1.29, 1.82) is 0 Å². The molecule has 2 nitrogen and oxygen atoms in total. The third kappa shape index (κ3) is 3.84. The standard InChI is InChI=1S/C11H12BrClO2/c1-15-11(14)9-5-8(3-2-4-12)6-10(13)7-9/h5-7H,2-4H2,1H3. The zero-order valence-electron chi connectivity index (χ0n) is 8.43. The molecule has 82 valence electrons. The maximum absolute atomic E-state index is 11.3. The highest BCUT2D eigenvalue weighted by atomic mass is 79.9. The maximum Gasteiger partial charge on any atom is 0.337 e. The van der Waals surface area contributed by atoms with Gasteiger partial charge in [-0.05, 0) is 36.6 Å². The highest BCUT2D eigenvalue weighted by Gasteiger charge is 2.07. The molecule has 0 saturated carbocycles. The van der Waals surface area contributed by atoms with Gasteiger partial charge in [0.05, 0.1) is 12.7 Å². The molecule has 0 aliphatic heterocycles. The summed E-state index contributed by atoms with van der Waals surface area (Å²) in [6.45, 7) is 0. The second-order valence-corrected chi connectivity index (χ2v) is 4.36.